The lowest BCUT2D eigenvalue weighted by Crippen LogP contribution is -2.18. The Morgan fingerprint density at radius 2 is 2.35 bits per heavy atom. The molecule has 1 saturated heterocycles. The van der Waals surface area contributed by atoms with Crippen LogP contribution >= 0.6 is 0 Å². The molecular weight excluding hydrogens is 242 g/mol. The van der Waals surface area contributed by atoms with Crippen molar-refractivity contribution in [1.82, 2.24) is 15.5 Å². The predicted octanol–water partition coefficient (Wildman–Crippen LogP) is -0.0488. The molecule has 1 aliphatic heterocycles. The van der Waals surface area contributed by atoms with Crippen molar-refractivity contribution in [3.8, 4) is 0 Å². The molecule has 2 rings (SSSR count). The number of likely N-dealkylation sites (N-methyl/N-ethyl adjacent to an activating group) is 1. The van der Waals surface area contributed by atoms with E-state index >= 15 is 0 Å². The normalized spacial score (nSPS) is 23.0. The fraction of sp³-hybridized carbons (Fsp3) is 0.800. The average Bonchev–Trinajstić information content (AvgIpc) is 2.84. The minimum atomic E-state index is -2.93. The van der Waals surface area contributed by atoms with E-state index in [9.17, 15) is 8.42 Å². The van der Waals surface area contributed by atoms with E-state index in [2.05, 4.69) is 15.5 Å². The van der Waals surface area contributed by atoms with E-state index in [0.29, 0.717) is 36.7 Å². The summed E-state index contributed by atoms with van der Waals surface area (Å²) in [6.07, 6.45) is 2.50. The summed E-state index contributed by atoms with van der Waals surface area (Å²) in [7, 11) is -1.08. The molecule has 2 heterocycles. The first kappa shape index (κ1) is 12.5. The molecule has 7 heteroatoms. The smallest absolute Gasteiger partial charge is 0.227 e. The highest BCUT2D eigenvalue weighted by molar-refractivity contribution is 7.92. The Bertz CT molecular complexity index is 469. The number of sulfone groups is 1. The lowest BCUT2D eigenvalue weighted by Gasteiger charge is -2.04. The first-order chi connectivity index (χ1) is 8.12. The van der Waals surface area contributed by atoms with Crippen molar-refractivity contribution in [3.63, 3.8) is 0 Å². The van der Waals surface area contributed by atoms with Crippen LogP contribution in [0.1, 0.15) is 24.6 Å². The number of nitrogens with one attached hydrogen (secondary N) is 1. The summed E-state index contributed by atoms with van der Waals surface area (Å²) in [6.45, 7) is 0.778. The first-order valence-electron chi connectivity index (χ1n) is 5.79. The van der Waals surface area contributed by atoms with Crippen LogP contribution in [-0.4, -0.2) is 43.2 Å². The monoisotopic (exact) mass is 259 g/mol. The molecule has 1 aromatic heterocycles. The number of aromatic nitrogens is 2. The van der Waals surface area contributed by atoms with Crippen LogP contribution in [0.5, 0.6) is 0 Å². The van der Waals surface area contributed by atoms with Crippen molar-refractivity contribution in [1.29, 1.82) is 0 Å². The van der Waals surface area contributed by atoms with Gasteiger partial charge in [0.1, 0.15) is 0 Å². The molecule has 1 aliphatic rings. The van der Waals surface area contributed by atoms with Gasteiger partial charge in [-0.1, -0.05) is 5.16 Å². The van der Waals surface area contributed by atoms with Crippen molar-refractivity contribution >= 4 is 9.84 Å². The third-order valence-corrected chi connectivity index (χ3v) is 5.25. The maximum absolute atomic E-state index is 11.6. The van der Waals surface area contributed by atoms with Gasteiger partial charge in [0.05, 0.1) is 11.0 Å². The first-order valence-corrected chi connectivity index (χ1v) is 7.51. The Labute approximate surface area is 101 Å². The van der Waals surface area contributed by atoms with Crippen LogP contribution in [0.4, 0.5) is 0 Å². The minimum Gasteiger partial charge on any atom is -0.339 e. The zero-order chi connectivity index (χ0) is 12.3. The van der Waals surface area contributed by atoms with Gasteiger partial charge in [0, 0.05) is 19.4 Å². The van der Waals surface area contributed by atoms with Gasteiger partial charge in [-0.3, -0.25) is 0 Å². The summed E-state index contributed by atoms with van der Waals surface area (Å²) in [5.74, 6) is 1.36. The zero-order valence-electron chi connectivity index (χ0n) is 9.85. The SMILES string of the molecule is CNCCc1noc(CC2CCCS2(=O)=O)n1. The molecule has 0 spiro atoms. The summed E-state index contributed by atoms with van der Waals surface area (Å²) < 4.78 is 28.4. The molecule has 0 aromatic carbocycles. The topological polar surface area (TPSA) is 85.1 Å². The third-order valence-electron chi connectivity index (χ3n) is 2.97. The van der Waals surface area contributed by atoms with Crippen molar-refractivity contribution < 1.29 is 12.9 Å². The van der Waals surface area contributed by atoms with Gasteiger partial charge in [-0.2, -0.15) is 4.98 Å². The van der Waals surface area contributed by atoms with Crippen molar-refractivity contribution in [2.45, 2.75) is 30.9 Å². The molecule has 1 unspecified atom stereocenters. The molecule has 0 saturated carbocycles. The second-order valence-electron chi connectivity index (χ2n) is 4.29. The van der Waals surface area contributed by atoms with Crippen LogP contribution in [0.25, 0.3) is 0 Å². The fourth-order valence-electron chi connectivity index (χ4n) is 1.99. The van der Waals surface area contributed by atoms with E-state index in [1.807, 2.05) is 7.05 Å². The Balaban J connectivity index is 1.97. The standard InChI is InChI=1S/C10H17N3O3S/c1-11-5-4-9-12-10(16-13-9)7-8-3-2-6-17(8,14)15/h8,11H,2-7H2,1H3. The van der Waals surface area contributed by atoms with Crippen LogP contribution in [-0.2, 0) is 22.7 Å². The van der Waals surface area contributed by atoms with Crippen molar-refractivity contribution in [2.24, 2.45) is 0 Å². The van der Waals surface area contributed by atoms with E-state index in [0.717, 1.165) is 13.0 Å². The van der Waals surface area contributed by atoms with Gasteiger partial charge in [-0.05, 0) is 19.9 Å². The molecule has 1 atom stereocenters. The maximum Gasteiger partial charge on any atom is 0.227 e. The number of hydrogen-bond donors (Lipinski definition) is 1. The molecule has 0 aliphatic carbocycles. The third kappa shape index (κ3) is 3.04. The predicted molar refractivity (Wildman–Crippen MR) is 62.4 cm³/mol. The van der Waals surface area contributed by atoms with Gasteiger partial charge >= 0.3 is 0 Å². The van der Waals surface area contributed by atoms with Crippen LogP contribution in [0, 0.1) is 0 Å². The Morgan fingerprint density at radius 1 is 1.53 bits per heavy atom. The average molecular weight is 259 g/mol. The van der Waals surface area contributed by atoms with Gasteiger partial charge in [0.2, 0.25) is 5.89 Å². The second-order valence-corrected chi connectivity index (χ2v) is 6.69. The van der Waals surface area contributed by atoms with Crippen molar-refractivity contribution in [3.05, 3.63) is 11.7 Å². The van der Waals surface area contributed by atoms with Crippen LogP contribution in [0.2, 0.25) is 0 Å². The molecule has 6 nitrogen and oxygen atoms in total. The lowest BCUT2D eigenvalue weighted by molar-refractivity contribution is 0.370. The molecule has 0 bridgehead atoms. The minimum absolute atomic E-state index is 0.290. The van der Waals surface area contributed by atoms with Crippen LogP contribution in [0.3, 0.4) is 0 Å². The van der Waals surface area contributed by atoms with Gasteiger partial charge in [0.15, 0.2) is 15.7 Å². The summed E-state index contributed by atoms with van der Waals surface area (Å²) in [5.41, 5.74) is 0. The van der Waals surface area contributed by atoms with Crippen LogP contribution < -0.4 is 5.32 Å². The maximum atomic E-state index is 11.6. The summed E-state index contributed by atoms with van der Waals surface area (Å²) in [5, 5.41) is 6.48. The molecule has 1 fully saturated rings. The van der Waals surface area contributed by atoms with Gasteiger partial charge in [-0.25, -0.2) is 8.42 Å². The van der Waals surface area contributed by atoms with E-state index in [1.54, 1.807) is 0 Å². The summed E-state index contributed by atoms with van der Waals surface area (Å²) >= 11 is 0. The number of hydrogen-bond acceptors (Lipinski definition) is 6. The molecule has 0 radical (unpaired) electrons. The molecule has 1 aromatic rings. The quantitative estimate of drug-likeness (QED) is 0.798. The highest BCUT2D eigenvalue weighted by atomic mass is 32.2. The summed E-state index contributed by atoms with van der Waals surface area (Å²) in [4.78, 5) is 4.19. The molecule has 1 N–H and O–H groups in total. The van der Waals surface area contributed by atoms with E-state index < -0.39 is 9.84 Å². The fourth-order valence-corrected chi connectivity index (χ4v) is 3.82. The Hall–Kier alpha value is -0.950. The Morgan fingerprint density at radius 3 is 3.00 bits per heavy atom. The summed E-state index contributed by atoms with van der Waals surface area (Å²) in [6, 6.07) is 0. The van der Waals surface area contributed by atoms with Crippen LogP contribution in [0.15, 0.2) is 4.52 Å². The van der Waals surface area contributed by atoms with Crippen molar-refractivity contribution in [2.75, 3.05) is 19.3 Å². The highest BCUT2D eigenvalue weighted by Gasteiger charge is 2.32. The molecule has 17 heavy (non-hydrogen) atoms. The largest absolute Gasteiger partial charge is 0.339 e. The number of rotatable bonds is 5. The van der Waals surface area contributed by atoms with Gasteiger partial charge in [0.25, 0.3) is 0 Å². The number of nitrogens with zero attached hydrogens (tertiary/aromatic N) is 2. The van der Waals surface area contributed by atoms with Gasteiger partial charge < -0.3 is 9.84 Å². The highest BCUT2D eigenvalue weighted by Crippen LogP contribution is 2.22. The van der Waals surface area contributed by atoms with Gasteiger partial charge in [-0.15, -0.1) is 0 Å². The molecular formula is C10H17N3O3S. The Kier molecular flexibility index (Phi) is 3.78. The molecule has 0 amide bonds. The second kappa shape index (κ2) is 5.14. The van der Waals surface area contributed by atoms with E-state index in [1.165, 1.54) is 0 Å². The molecule has 96 valence electrons. The lowest BCUT2D eigenvalue weighted by atomic mass is 10.2. The van der Waals surface area contributed by atoms with E-state index in [-0.39, 0.29) is 5.25 Å². The van der Waals surface area contributed by atoms with E-state index in [4.69, 9.17) is 4.52 Å². The zero-order valence-corrected chi connectivity index (χ0v) is 10.7.